The summed E-state index contributed by atoms with van der Waals surface area (Å²) in [7, 11) is 0. The average Bonchev–Trinajstić information content (AvgIpc) is 2.41. The molecule has 0 aromatic carbocycles. The highest BCUT2D eigenvalue weighted by Gasteiger charge is 2.10. The first-order valence-corrected chi connectivity index (χ1v) is 5.71. The zero-order valence-corrected chi connectivity index (χ0v) is 10.7. The third-order valence-electron chi connectivity index (χ3n) is 2.07. The molecule has 0 radical (unpaired) electrons. The number of nitrogens with two attached hydrogens (primary N) is 1. The van der Waals surface area contributed by atoms with Crippen LogP contribution < -0.4 is 16.6 Å². The number of rotatable bonds is 3. The first-order valence-electron chi connectivity index (χ1n) is 4.92. The maximum atomic E-state index is 11.9. The predicted octanol–water partition coefficient (Wildman–Crippen LogP) is 1.17. The highest BCUT2D eigenvalue weighted by Crippen LogP contribution is 2.20. The van der Waals surface area contributed by atoms with Crippen LogP contribution >= 0.6 is 15.9 Å². The van der Waals surface area contributed by atoms with Crippen LogP contribution in [0.1, 0.15) is 10.5 Å². The Hall–Kier alpha value is -2.06. The number of amides is 1. The molecular formula is C10H9BrN6O. The van der Waals surface area contributed by atoms with E-state index in [2.05, 4.69) is 41.9 Å². The van der Waals surface area contributed by atoms with Gasteiger partial charge in [0.15, 0.2) is 11.5 Å². The van der Waals surface area contributed by atoms with Crippen LogP contribution in [0.15, 0.2) is 35.1 Å². The van der Waals surface area contributed by atoms with Crippen LogP contribution in [0.5, 0.6) is 0 Å². The van der Waals surface area contributed by atoms with Crippen LogP contribution in [0.3, 0.4) is 0 Å². The van der Waals surface area contributed by atoms with Crippen molar-refractivity contribution in [1.29, 1.82) is 0 Å². The van der Waals surface area contributed by atoms with Crippen LogP contribution in [0.2, 0.25) is 0 Å². The van der Waals surface area contributed by atoms with Crippen molar-refractivity contribution in [2.45, 2.75) is 0 Å². The normalized spacial score (nSPS) is 9.89. The molecule has 0 aliphatic carbocycles. The van der Waals surface area contributed by atoms with Crippen molar-refractivity contribution in [2.24, 2.45) is 5.84 Å². The van der Waals surface area contributed by atoms with Crippen molar-refractivity contribution in [3.8, 4) is 0 Å². The fourth-order valence-corrected chi connectivity index (χ4v) is 1.54. The molecule has 4 N–H and O–H groups in total. The number of anilines is 2. The largest absolute Gasteiger partial charge is 0.319 e. The van der Waals surface area contributed by atoms with Crippen molar-refractivity contribution < 1.29 is 4.79 Å². The second-order valence-electron chi connectivity index (χ2n) is 3.26. The van der Waals surface area contributed by atoms with Gasteiger partial charge in [-0.05, 0) is 34.1 Å². The Bertz CT molecular complexity index is 559. The molecular weight excluding hydrogens is 300 g/mol. The fraction of sp³-hybridized carbons (Fsp3) is 0. The van der Waals surface area contributed by atoms with Crippen LogP contribution in [-0.4, -0.2) is 21.1 Å². The monoisotopic (exact) mass is 308 g/mol. The fourth-order valence-electron chi connectivity index (χ4n) is 1.19. The summed E-state index contributed by atoms with van der Waals surface area (Å²) in [5.41, 5.74) is 3.13. The van der Waals surface area contributed by atoms with Gasteiger partial charge in [0.1, 0.15) is 0 Å². The minimum absolute atomic E-state index is 0.192. The summed E-state index contributed by atoms with van der Waals surface area (Å²) in [5.74, 6) is 5.18. The number of nitrogens with one attached hydrogen (secondary N) is 2. The first kappa shape index (κ1) is 12.4. The van der Waals surface area contributed by atoms with Gasteiger partial charge >= 0.3 is 0 Å². The Labute approximate surface area is 111 Å². The van der Waals surface area contributed by atoms with Gasteiger partial charge in [-0.1, -0.05) is 0 Å². The number of hydrogen-bond donors (Lipinski definition) is 3. The highest BCUT2D eigenvalue weighted by atomic mass is 79.9. The number of aromatic nitrogens is 3. The van der Waals surface area contributed by atoms with E-state index in [1.807, 2.05) is 0 Å². The van der Waals surface area contributed by atoms with Gasteiger partial charge in [0.2, 0.25) is 0 Å². The maximum absolute atomic E-state index is 11.9. The second-order valence-corrected chi connectivity index (χ2v) is 4.11. The Morgan fingerprint density at radius 2 is 2.11 bits per heavy atom. The average molecular weight is 309 g/mol. The van der Waals surface area contributed by atoms with E-state index in [1.165, 1.54) is 6.07 Å². The van der Waals surface area contributed by atoms with Crippen molar-refractivity contribution >= 4 is 33.3 Å². The number of nitrogens with zero attached hydrogens (tertiary/aromatic N) is 3. The lowest BCUT2D eigenvalue weighted by molar-refractivity contribution is 0.102. The van der Waals surface area contributed by atoms with E-state index in [0.717, 1.165) is 0 Å². The lowest BCUT2D eigenvalue weighted by Crippen LogP contribution is -2.16. The molecule has 0 aliphatic heterocycles. The molecule has 2 heterocycles. The quantitative estimate of drug-likeness (QED) is 0.580. The summed E-state index contributed by atoms with van der Waals surface area (Å²) >= 11 is 3.28. The first-order chi connectivity index (χ1) is 8.70. The van der Waals surface area contributed by atoms with Gasteiger partial charge in [-0.25, -0.2) is 5.84 Å². The number of nitrogen functional groups attached to an aromatic ring is 1. The van der Waals surface area contributed by atoms with E-state index < -0.39 is 0 Å². The van der Waals surface area contributed by atoms with Crippen LogP contribution in [0, 0.1) is 0 Å². The molecule has 0 saturated heterocycles. The van der Waals surface area contributed by atoms with Crippen LogP contribution in [0.4, 0.5) is 11.5 Å². The van der Waals surface area contributed by atoms with E-state index in [9.17, 15) is 4.79 Å². The van der Waals surface area contributed by atoms with E-state index in [1.54, 1.807) is 24.5 Å². The number of hydrogen-bond acceptors (Lipinski definition) is 6. The molecule has 7 nitrogen and oxygen atoms in total. The minimum Gasteiger partial charge on any atom is -0.319 e. The summed E-state index contributed by atoms with van der Waals surface area (Å²) < 4.78 is 0.687. The number of hydrazine groups is 1. The van der Waals surface area contributed by atoms with Gasteiger partial charge in [-0.15, -0.1) is 10.2 Å². The van der Waals surface area contributed by atoms with Gasteiger partial charge in [-0.3, -0.25) is 9.78 Å². The zero-order chi connectivity index (χ0) is 13.0. The molecule has 2 aromatic heterocycles. The number of pyridine rings is 1. The molecule has 18 heavy (non-hydrogen) atoms. The Morgan fingerprint density at radius 1 is 1.28 bits per heavy atom. The van der Waals surface area contributed by atoms with Crippen molar-refractivity contribution in [3.05, 3.63) is 40.8 Å². The molecule has 8 heteroatoms. The molecule has 1 amide bonds. The molecule has 0 bridgehead atoms. The van der Waals surface area contributed by atoms with Gasteiger partial charge in [0, 0.05) is 12.4 Å². The predicted molar refractivity (Wildman–Crippen MR) is 69.7 cm³/mol. The number of carbonyl (C=O) groups excluding carboxylic acids is 1. The number of halogens is 1. The van der Waals surface area contributed by atoms with Gasteiger partial charge in [0.25, 0.3) is 5.91 Å². The summed E-state index contributed by atoms with van der Waals surface area (Å²) in [6.07, 6.45) is 3.16. The van der Waals surface area contributed by atoms with E-state index >= 15 is 0 Å². The maximum Gasteiger partial charge on any atom is 0.276 e. The molecule has 0 aliphatic rings. The van der Waals surface area contributed by atoms with Gasteiger partial charge < -0.3 is 10.7 Å². The molecule has 0 spiro atoms. The van der Waals surface area contributed by atoms with E-state index in [4.69, 9.17) is 5.84 Å². The summed E-state index contributed by atoms with van der Waals surface area (Å²) in [6, 6.07) is 4.75. The Balaban J connectivity index is 2.14. The van der Waals surface area contributed by atoms with E-state index in [0.29, 0.717) is 16.0 Å². The Morgan fingerprint density at radius 3 is 2.72 bits per heavy atom. The molecule has 0 fully saturated rings. The lowest BCUT2D eigenvalue weighted by Gasteiger charge is -2.06. The summed E-state index contributed by atoms with van der Waals surface area (Å²) in [5, 5.41) is 10.1. The second kappa shape index (κ2) is 5.52. The van der Waals surface area contributed by atoms with Crippen LogP contribution in [0.25, 0.3) is 0 Å². The third kappa shape index (κ3) is 2.79. The SMILES string of the molecule is NNc1ccc(C(=O)Nc2ccncc2Br)nn1. The van der Waals surface area contributed by atoms with Crippen molar-refractivity contribution in [3.63, 3.8) is 0 Å². The molecule has 2 rings (SSSR count). The highest BCUT2D eigenvalue weighted by molar-refractivity contribution is 9.10. The third-order valence-corrected chi connectivity index (χ3v) is 2.70. The smallest absolute Gasteiger partial charge is 0.276 e. The summed E-state index contributed by atoms with van der Waals surface area (Å²) in [4.78, 5) is 15.8. The summed E-state index contributed by atoms with van der Waals surface area (Å²) in [6.45, 7) is 0. The topological polar surface area (TPSA) is 106 Å². The molecule has 0 atom stereocenters. The van der Waals surface area contributed by atoms with Crippen LogP contribution in [-0.2, 0) is 0 Å². The zero-order valence-electron chi connectivity index (χ0n) is 9.09. The minimum atomic E-state index is -0.363. The van der Waals surface area contributed by atoms with Gasteiger partial charge in [-0.2, -0.15) is 0 Å². The van der Waals surface area contributed by atoms with E-state index in [-0.39, 0.29) is 11.6 Å². The molecule has 2 aromatic rings. The molecule has 0 unspecified atom stereocenters. The molecule has 0 saturated carbocycles. The van der Waals surface area contributed by atoms with Crippen molar-refractivity contribution in [2.75, 3.05) is 10.7 Å². The van der Waals surface area contributed by atoms with Gasteiger partial charge in [0.05, 0.1) is 10.2 Å². The molecule has 92 valence electrons. The van der Waals surface area contributed by atoms with Crippen molar-refractivity contribution in [1.82, 2.24) is 15.2 Å². The Kier molecular flexibility index (Phi) is 3.80. The lowest BCUT2D eigenvalue weighted by atomic mass is 10.3. The standard InChI is InChI=1S/C10H9BrN6O/c11-6-5-13-4-3-7(6)14-10(18)8-1-2-9(15-12)17-16-8/h1-5H,12H2,(H,15,17)(H,13,14,18). The number of carbonyl (C=O) groups is 1.